The highest BCUT2D eigenvalue weighted by atomic mass is 16.5. The molecule has 2 rings (SSSR count). The predicted octanol–water partition coefficient (Wildman–Crippen LogP) is 3.27. The quantitative estimate of drug-likeness (QED) is 0.770. The first-order chi connectivity index (χ1) is 9.20. The Labute approximate surface area is 112 Å². The minimum atomic E-state index is -0.0501. The molecule has 0 aromatic heterocycles. The van der Waals surface area contributed by atoms with E-state index in [2.05, 4.69) is 0 Å². The van der Waals surface area contributed by atoms with E-state index in [0.717, 1.165) is 17.1 Å². The second kappa shape index (κ2) is 6.05. The van der Waals surface area contributed by atoms with Gasteiger partial charge in [-0.05, 0) is 42.8 Å². The van der Waals surface area contributed by atoms with E-state index in [-0.39, 0.29) is 12.4 Å². The lowest BCUT2D eigenvalue weighted by atomic mass is 10.1. The molecule has 0 aliphatic heterocycles. The Morgan fingerprint density at radius 1 is 1.05 bits per heavy atom. The third-order valence-electron chi connectivity index (χ3n) is 2.86. The van der Waals surface area contributed by atoms with Gasteiger partial charge in [0.2, 0.25) is 0 Å². The molecule has 0 unspecified atom stereocenters. The second-order valence-corrected chi connectivity index (χ2v) is 4.21. The van der Waals surface area contributed by atoms with Crippen LogP contribution in [-0.4, -0.2) is 19.5 Å². The van der Waals surface area contributed by atoms with E-state index in [0.29, 0.717) is 5.56 Å². The van der Waals surface area contributed by atoms with Crippen LogP contribution in [0.3, 0.4) is 0 Å². The number of aryl methyl sites for hydroxylation is 1. The van der Waals surface area contributed by atoms with Crippen molar-refractivity contribution in [1.29, 1.82) is 0 Å². The average molecular weight is 256 g/mol. The van der Waals surface area contributed by atoms with Gasteiger partial charge in [0.1, 0.15) is 11.5 Å². The van der Waals surface area contributed by atoms with Crippen LogP contribution in [0.2, 0.25) is 0 Å². The molecule has 0 bridgehead atoms. The minimum absolute atomic E-state index is 0.0389. The third kappa shape index (κ3) is 3.35. The summed E-state index contributed by atoms with van der Waals surface area (Å²) >= 11 is 0. The molecule has 3 nitrogen and oxygen atoms in total. The fourth-order valence-electron chi connectivity index (χ4n) is 1.72. The molecule has 0 aliphatic rings. The molecule has 0 aliphatic carbocycles. The van der Waals surface area contributed by atoms with E-state index in [1.165, 1.54) is 0 Å². The zero-order valence-electron chi connectivity index (χ0n) is 11.1. The van der Waals surface area contributed by atoms with Crippen molar-refractivity contribution in [3.63, 3.8) is 0 Å². The van der Waals surface area contributed by atoms with Gasteiger partial charge in [-0.3, -0.25) is 4.79 Å². The van der Waals surface area contributed by atoms with Gasteiger partial charge in [-0.25, -0.2) is 0 Å². The van der Waals surface area contributed by atoms with Gasteiger partial charge in [0.05, 0.1) is 7.11 Å². The molecule has 19 heavy (non-hydrogen) atoms. The van der Waals surface area contributed by atoms with Crippen molar-refractivity contribution >= 4 is 5.78 Å². The molecule has 0 saturated heterocycles. The number of rotatable bonds is 5. The molecule has 0 saturated carbocycles. The van der Waals surface area contributed by atoms with Crippen LogP contribution in [-0.2, 0) is 0 Å². The molecule has 98 valence electrons. The minimum Gasteiger partial charge on any atom is -0.497 e. The maximum atomic E-state index is 12.0. The number of benzene rings is 2. The van der Waals surface area contributed by atoms with Gasteiger partial charge in [-0.1, -0.05) is 18.2 Å². The largest absolute Gasteiger partial charge is 0.497 e. The number of carbonyl (C=O) groups excluding carboxylic acids is 1. The summed E-state index contributed by atoms with van der Waals surface area (Å²) in [7, 11) is 1.60. The smallest absolute Gasteiger partial charge is 0.200 e. The lowest BCUT2D eigenvalue weighted by molar-refractivity contribution is 0.0921. The predicted molar refractivity (Wildman–Crippen MR) is 74.0 cm³/mol. The number of Topliss-reactive ketones (excluding diaryl/α,β-unsaturated/α-hetero) is 1. The topological polar surface area (TPSA) is 35.5 Å². The Hall–Kier alpha value is -2.29. The number of ether oxygens (including phenoxy) is 2. The van der Waals surface area contributed by atoms with Crippen molar-refractivity contribution in [2.45, 2.75) is 6.92 Å². The van der Waals surface area contributed by atoms with E-state index >= 15 is 0 Å². The Kier molecular flexibility index (Phi) is 4.18. The van der Waals surface area contributed by atoms with Gasteiger partial charge in [-0.15, -0.1) is 0 Å². The van der Waals surface area contributed by atoms with Crippen molar-refractivity contribution in [3.05, 3.63) is 59.7 Å². The molecule has 0 amide bonds. The van der Waals surface area contributed by atoms with E-state index in [4.69, 9.17) is 9.47 Å². The summed E-state index contributed by atoms with van der Waals surface area (Å²) in [6.07, 6.45) is 0. The van der Waals surface area contributed by atoms with E-state index in [9.17, 15) is 4.79 Å². The summed E-state index contributed by atoms with van der Waals surface area (Å²) in [6, 6.07) is 14.6. The first kappa shape index (κ1) is 13.1. The van der Waals surface area contributed by atoms with Gasteiger partial charge in [0.25, 0.3) is 0 Å². The number of hydrogen-bond donors (Lipinski definition) is 0. The number of para-hydroxylation sites is 1. The molecule has 0 spiro atoms. The number of methoxy groups -OCH3 is 1. The molecule has 0 heterocycles. The van der Waals surface area contributed by atoms with Gasteiger partial charge in [0.15, 0.2) is 12.4 Å². The molecule has 2 aromatic carbocycles. The van der Waals surface area contributed by atoms with E-state index in [1.54, 1.807) is 31.4 Å². The Bertz CT molecular complexity index is 558. The third-order valence-corrected chi connectivity index (χ3v) is 2.86. The first-order valence-corrected chi connectivity index (χ1v) is 6.06. The molecular formula is C16H16O3. The van der Waals surface area contributed by atoms with Crippen molar-refractivity contribution in [1.82, 2.24) is 0 Å². The van der Waals surface area contributed by atoms with Crippen LogP contribution in [0.4, 0.5) is 0 Å². The van der Waals surface area contributed by atoms with E-state index < -0.39 is 0 Å². The van der Waals surface area contributed by atoms with Gasteiger partial charge in [0, 0.05) is 5.56 Å². The molecule has 2 aromatic rings. The Balaban J connectivity index is 1.99. The monoisotopic (exact) mass is 256 g/mol. The van der Waals surface area contributed by atoms with Gasteiger partial charge in [-0.2, -0.15) is 0 Å². The van der Waals surface area contributed by atoms with Crippen molar-refractivity contribution in [2.24, 2.45) is 0 Å². The summed E-state index contributed by atoms with van der Waals surface area (Å²) < 4.78 is 10.6. The molecule has 3 heteroatoms. The maximum Gasteiger partial charge on any atom is 0.200 e. The average Bonchev–Trinajstić information content (AvgIpc) is 2.46. The Morgan fingerprint density at radius 2 is 1.74 bits per heavy atom. The standard InChI is InChI=1S/C16H16O3/c1-12-5-3-4-6-16(12)19-11-15(17)13-7-9-14(18-2)10-8-13/h3-10H,11H2,1-2H3. The highest BCUT2D eigenvalue weighted by Gasteiger charge is 2.07. The second-order valence-electron chi connectivity index (χ2n) is 4.21. The molecular weight excluding hydrogens is 240 g/mol. The number of carbonyl (C=O) groups is 1. The van der Waals surface area contributed by atoms with Crippen LogP contribution in [0.5, 0.6) is 11.5 Å². The van der Waals surface area contributed by atoms with E-state index in [1.807, 2.05) is 31.2 Å². The summed E-state index contributed by atoms with van der Waals surface area (Å²) in [6.45, 7) is 1.99. The number of hydrogen-bond acceptors (Lipinski definition) is 3. The van der Waals surface area contributed by atoms with Crippen LogP contribution < -0.4 is 9.47 Å². The summed E-state index contributed by atoms with van der Waals surface area (Å²) in [5, 5.41) is 0. The van der Waals surface area contributed by atoms with Crippen LogP contribution >= 0.6 is 0 Å². The molecule has 0 N–H and O–H groups in total. The summed E-state index contributed by atoms with van der Waals surface area (Å²) in [5.74, 6) is 1.42. The highest BCUT2D eigenvalue weighted by Crippen LogP contribution is 2.17. The number of ketones is 1. The fourth-order valence-corrected chi connectivity index (χ4v) is 1.72. The van der Waals surface area contributed by atoms with Crippen LogP contribution in [0.1, 0.15) is 15.9 Å². The summed E-state index contributed by atoms with van der Waals surface area (Å²) in [5.41, 5.74) is 1.64. The maximum absolute atomic E-state index is 12.0. The molecule has 0 atom stereocenters. The SMILES string of the molecule is COc1ccc(C(=O)COc2ccccc2C)cc1. The highest BCUT2D eigenvalue weighted by molar-refractivity contribution is 5.97. The Morgan fingerprint density at radius 3 is 2.37 bits per heavy atom. The summed E-state index contributed by atoms with van der Waals surface area (Å²) in [4.78, 5) is 12.0. The van der Waals surface area contributed by atoms with Gasteiger partial charge < -0.3 is 9.47 Å². The van der Waals surface area contributed by atoms with Crippen molar-refractivity contribution in [3.8, 4) is 11.5 Å². The lowest BCUT2D eigenvalue weighted by Crippen LogP contribution is -2.11. The first-order valence-electron chi connectivity index (χ1n) is 6.06. The van der Waals surface area contributed by atoms with Crippen LogP contribution in [0.25, 0.3) is 0 Å². The van der Waals surface area contributed by atoms with Crippen molar-refractivity contribution < 1.29 is 14.3 Å². The lowest BCUT2D eigenvalue weighted by Gasteiger charge is -2.08. The fraction of sp³-hybridized carbons (Fsp3) is 0.188. The normalized spacial score (nSPS) is 10.0. The van der Waals surface area contributed by atoms with Crippen LogP contribution in [0, 0.1) is 6.92 Å². The van der Waals surface area contributed by atoms with Gasteiger partial charge >= 0.3 is 0 Å². The molecule has 0 fully saturated rings. The van der Waals surface area contributed by atoms with Crippen molar-refractivity contribution in [2.75, 3.05) is 13.7 Å². The molecule has 0 radical (unpaired) electrons. The zero-order chi connectivity index (χ0) is 13.7. The van der Waals surface area contributed by atoms with Crippen LogP contribution in [0.15, 0.2) is 48.5 Å². The zero-order valence-corrected chi connectivity index (χ0v) is 11.1.